The van der Waals surface area contributed by atoms with E-state index < -0.39 is 0 Å². The molecule has 0 aromatic heterocycles. The quantitative estimate of drug-likeness (QED) is 0.693. The monoisotopic (exact) mass is 200 g/mol. The third-order valence-electron chi connectivity index (χ3n) is 2.77. The summed E-state index contributed by atoms with van der Waals surface area (Å²) < 4.78 is 4.75. The first-order valence-electron chi connectivity index (χ1n) is 5.11. The molecule has 1 amide bonds. The topological polar surface area (TPSA) is 64.3 Å². The molecule has 0 spiro atoms. The fourth-order valence-electron chi connectivity index (χ4n) is 1.82. The Labute approximate surface area is 85.2 Å². The normalized spacial score (nSPS) is 32.6. The Bertz CT molecular complexity index is 194. The number of carbonyl (C=O) groups excluding carboxylic acids is 1. The van der Waals surface area contributed by atoms with Crippen LogP contribution in [0, 0.1) is 0 Å². The first kappa shape index (κ1) is 11.5. The maximum absolute atomic E-state index is 11.2. The van der Waals surface area contributed by atoms with Gasteiger partial charge in [-0.3, -0.25) is 4.79 Å². The molecule has 3 N–H and O–H groups in total. The van der Waals surface area contributed by atoms with Gasteiger partial charge in [0, 0.05) is 18.7 Å². The number of nitrogens with one attached hydrogen (secondary N) is 1. The van der Waals surface area contributed by atoms with Crippen molar-refractivity contribution in [2.45, 2.75) is 44.2 Å². The fraction of sp³-hybridized carbons (Fsp3) is 0.900. The average molecular weight is 200 g/mol. The number of amides is 1. The van der Waals surface area contributed by atoms with E-state index in [-0.39, 0.29) is 24.1 Å². The lowest BCUT2D eigenvalue weighted by Gasteiger charge is -2.34. The van der Waals surface area contributed by atoms with Gasteiger partial charge in [-0.25, -0.2) is 0 Å². The molecule has 0 unspecified atom stereocenters. The Kier molecular flexibility index (Phi) is 3.89. The molecule has 0 aliphatic heterocycles. The van der Waals surface area contributed by atoms with Crippen LogP contribution < -0.4 is 11.1 Å². The van der Waals surface area contributed by atoms with Gasteiger partial charge >= 0.3 is 0 Å². The summed E-state index contributed by atoms with van der Waals surface area (Å²) in [7, 11) is 1.53. The summed E-state index contributed by atoms with van der Waals surface area (Å²) in [6.07, 6.45) is 3.90. The van der Waals surface area contributed by atoms with Crippen molar-refractivity contribution in [3.8, 4) is 0 Å². The van der Waals surface area contributed by atoms with Crippen molar-refractivity contribution in [1.82, 2.24) is 5.32 Å². The van der Waals surface area contributed by atoms with E-state index in [9.17, 15) is 4.79 Å². The molecular weight excluding hydrogens is 180 g/mol. The van der Waals surface area contributed by atoms with Gasteiger partial charge in [0.15, 0.2) is 0 Å². The predicted molar refractivity (Wildman–Crippen MR) is 54.9 cm³/mol. The minimum atomic E-state index is -0.0392. The van der Waals surface area contributed by atoms with E-state index in [0.29, 0.717) is 0 Å². The zero-order valence-corrected chi connectivity index (χ0v) is 9.01. The van der Waals surface area contributed by atoms with Crippen LogP contribution in [0.25, 0.3) is 0 Å². The maximum Gasteiger partial charge on any atom is 0.246 e. The fourth-order valence-corrected chi connectivity index (χ4v) is 1.82. The van der Waals surface area contributed by atoms with E-state index >= 15 is 0 Å². The molecule has 0 bridgehead atoms. The average Bonchev–Trinajstić information content (AvgIpc) is 2.09. The summed E-state index contributed by atoms with van der Waals surface area (Å²) in [6.45, 7) is 2.22. The van der Waals surface area contributed by atoms with Crippen molar-refractivity contribution in [2.24, 2.45) is 5.73 Å². The number of rotatable bonds is 3. The third-order valence-corrected chi connectivity index (χ3v) is 2.77. The molecule has 0 aromatic carbocycles. The Hall–Kier alpha value is -0.610. The number of ether oxygens (including phenoxy) is 1. The molecule has 1 fully saturated rings. The van der Waals surface area contributed by atoms with Crippen molar-refractivity contribution < 1.29 is 9.53 Å². The summed E-state index contributed by atoms with van der Waals surface area (Å²) in [4.78, 5) is 11.2. The second-order valence-electron chi connectivity index (χ2n) is 4.43. The lowest BCUT2D eigenvalue weighted by molar-refractivity contribution is -0.125. The third kappa shape index (κ3) is 3.64. The van der Waals surface area contributed by atoms with Gasteiger partial charge in [-0.2, -0.15) is 0 Å². The van der Waals surface area contributed by atoms with Gasteiger partial charge < -0.3 is 15.8 Å². The molecule has 14 heavy (non-hydrogen) atoms. The molecule has 1 rings (SSSR count). The summed E-state index contributed by atoms with van der Waals surface area (Å²) in [5.74, 6) is -0.0295. The molecule has 0 atom stereocenters. The molecule has 4 nitrogen and oxygen atoms in total. The molecule has 82 valence electrons. The van der Waals surface area contributed by atoms with Gasteiger partial charge in [0.1, 0.15) is 6.61 Å². The molecule has 0 radical (unpaired) electrons. The highest BCUT2D eigenvalue weighted by Crippen LogP contribution is 2.25. The van der Waals surface area contributed by atoms with Gasteiger partial charge in [0.25, 0.3) is 0 Å². The van der Waals surface area contributed by atoms with Gasteiger partial charge in [0.2, 0.25) is 5.91 Å². The van der Waals surface area contributed by atoms with Crippen LogP contribution >= 0.6 is 0 Å². The molecule has 1 aliphatic carbocycles. The first-order valence-corrected chi connectivity index (χ1v) is 5.11. The van der Waals surface area contributed by atoms with Crippen LogP contribution in [0.4, 0.5) is 0 Å². The van der Waals surface area contributed by atoms with Crippen molar-refractivity contribution in [2.75, 3.05) is 13.7 Å². The zero-order chi connectivity index (χ0) is 10.6. The van der Waals surface area contributed by atoms with E-state index in [1.54, 1.807) is 0 Å². The van der Waals surface area contributed by atoms with Crippen LogP contribution in [-0.4, -0.2) is 31.2 Å². The highest BCUT2D eigenvalue weighted by molar-refractivity contribution is 5.77. The highest BCUT2D eigenvalue weighted by Gasteiger charge is 2.27. The lowest BCUT2D eigenvalue weighted by atomic mass is 9.82. The second-order valence-corrected chi connectivity index (χ2v) is 4.43. The van der Waals surface area contributed by atoms with Crippen molar-refractivity contribution in [3.63, 3.8) is 0 Å². The van der Waals surface area contributed by atoms with Gasteiger partial charge in [-0.05, 0) is 32.6 Å². The Morgan fingerprint density at radius 1 is 1.57 bits per heavy atom. The van der Waals surface area contributed by atoms with Crippen LogP contribution in [0.2, 0.25) is 0 Å². The van der Waals surface area contributed by atoms with E-state index in [0.717, 1.165) is 25.7 Å². The molecule has 1 aliphatic rings. The lowest BCUT2D eigenvalue weighted by Crippen LogP contribution is -2.47. The summed E-state index contributed by atoms with van der Waals surface area (Å²) in [5, 5.41) is 2.94. The van der Waals surface area contributed by atoms with Crippen molar-refractivity contribution in [3.05, 3.63) is 0 Å². The standard InChI is InChI=1S/C10H20N2O2/c1-10(11)5-3-8(4-6-10)12-9(13)7-14-2/h8H,3-7,11H2,1-2H3,(H,12,13). The molecule has 0 aromatic rings. The Balaban J connectivity index is 2.25. The van der Waals surface area contributed by atoms with Gasteiger partial charge in [-0.1, -0.05) is 0 Å². The number of nitrogens with two attached hydrogens (primary N) is 1. The van der Waals surface area contributed by atoms with Crippen LogP contribution in [0.3, 0.4) is 0 Å². The Morgan fingerprint density at radius 2 is 2.14 bits per heavy atom. The molecular formula is C10H20N2O2. The van der Waals surface area contributed by atoms with E-state index in [4.69, 9.17) is 10.5 Å². The van der Waals surface area contributed by atoms with E-state index in [1.807, 2.05) is 0 Å². The van der Waals surface area contributed by atoms with Gasteiger partial charge in [-0.15, -0.1) is 0 Å². The van der Waals surface area contributed by atoms with Crippen LogP contribution in [-0.2, 0) is 9.53 Å². The van der Waals surface area contributed by atoms with Crippen molar-refractivity contribution >= 4 is 5.91 Å². The van der Waals surface area contributed by atoms with E-state index in [2.05, 4.69) is 12.2 Å². The second kappa shape index (κ2) is 4.75. The van der Waals surface area contributed by atoms with Crippen LogP contribution in [0.5, 0.6) is 0 Å². The number of hydrogen-bond donors (Lipinski definition) is 2. The maximum atomic E-state index is 11.2. The number of hydrogen-bond acceptors (Lipinski definition) is 3. The minimum absolute atomic E-state index is 0.0295. The summed E-state index contributed by atoms with van der Waals surface area (Å²) >= 11 is 0. The highest BCUT2D eigenvalue weighted by atomic mass is 16.5. The molecule has 0 saturated heterocycles. The molecule has 4 heteroatoms. The first-order chi connectivity index (χ1) is 6.53. The SMILES string of the molecule is COCC(=O)NC1CCC(C)(N)CC1. The van der Waals surface area contributed by atoms with E-state index in [1.165, 1.54) is 7.11 Å². The minimum Gasteiger partial charge on any atom is -0.375 e. The smallest absolute Gasteiger partial charge is 0.246 e. The predicted octanol–water partition coefficient (Wildman–Crippen LogP) is 0.409. The Morgan fingerprint density at radius 3 is 2.64 bits per heavy atom. The van der Waals surface area contributed by atoms with Crippen LogP contribution in [0.15, 0.2) is 0 Å². The summed E-state index contributed by atoms with van der Waals surface area (Å²) in [5.41, 5.74) is 5.95. The number of methoxy groups -OCH3 is 1. The van der Waals surface area contributed by atoms with Gasteiger partial charge in [0.05, 0.1) is 0 Å². The van der Waals surface area contributed by atoms with Crippen molar-refractivity contribution in [1.29, 1.82) is 0 Å². The summed E-state index contributed by atoms with van der Waals surface area (Å²) in [6, 6.07) is 0.286. The largest absolute Gasteiger partial charge is 0.375 e. The zero-order valence-electron chi connectivity index (χ0n) is 9.01. The van der Waals surface area contributed by atoms with Crippen LogP contribution in [0.1, 0.15) is 32.6 Å². The molecule has 0 heterocycles. The molecule has 1 saturated carbocycles. The number of carbonyl (C=O) groups is 1.